The normalized spacial score (nSPS) is 20.3. The first-order valence-corrected chi connectivity index (χ1v) is 4.23. The van der Waals surface area contributed by atoms with Crippen molar-refractivity contribution in [3.63, 3.8) is 0 Å². The molecule has 0 bridgehead atoms. The average Bonchev–Trinajstić information content (AvgIpc) is 2.12. The van der Waals surface area contributed by atoms with E-state index >= 15 is 0 Å². The van der Waals surface area contributed by atoms with Gasteiger partial charge in [0, 0.05) is 0 Å². The molecule has 0 aromatic carbocycles. The van der Waals surface area contributed by atoms with Crippen molar-refractivity contribution in [2.24, 2.45) is 11.3 Å². The smallest absolute Gasteiger partial charge is 0.0319 e. The fourth-order valence-electron chi connectivity index (χ4n) is 1.71. The molecule has 1 rings (SSSR count). The van der Waals surface area contributed by atoms with Gasteiger partial charge in [0.05, 0.1) is 0 Å². The molecule has 0 heteroatoms. The van der Waals surface area contributed by atoms with Crippen LogP contribution in [0.2, 0.25) is 0 Å². The Kier molecular flexibility index (Phi) is 2.18. The van der Waals surface area contributed by atoms with Crippen LogP contribution < -0.4 is 0 Å². The molecular weight excluding hydrogens is 120 g/mol. The Labute approximate surface area is 64.3 Å². The molecule has 0 fully saturated rings. The molecule has 0 saturated carbocycles. The van der Waals surface area contributed by atoms with Gasteiger partial charge in [0.2, 0.25) is 0 Å². The minimum absolute atomic E-state index is 0.524. The van der Waals surface area contributed by atoms with E-state index in [9.17, 15) is 0 Å². The topological polar surface area (TPSA) is 0 Å². The highest BCUT2D eigenvalue weighted by molar-refractivity contribution is 4.95. The minimum atomic E-state index is 0.524. The van der Waals surface area contributed by atoms with Gasteiger partial charge in [-0.05, 0) is 30.6 Å². The van der Waals surface area contributed by atoms with Crippen LogP contribution in [0.5, 0.6) is 0 Å². The summed E-state index contributed by atoms with van der Waals surface area (Å²) in [5, 5.41) is 0. The van der Waals surface area contributed by atoms with Gasteiger partial charge in [-0.1, -0.05) is 32.9 Å². The van der Waals surface area contributed by atoms with Crippen molar-refractivity contribution in [3.8, 4) is 0 Å². The van der Waals surface area contributed by atoms with Gasteiger partial charge in [-0.25, -0.2) is 0 Å². The molecular formula is C10H18. The van der Waals surface area contributed by atoms with Gasteiger partial charge in [-0.3, -0.25) is 0 Å². The second-order valence-electron chi connectivity index (χ2n) is 4.57. The Morgan fingerprint density at radius 3 is 2.10 bits per heavy atom. The second kappa shape index (κ2) is 2.77. The molecule has 0 atom stereocenters. The van der Waals surface area contributed by atoms with E-state index in [2.05, 4.69) is 32.9 Å². The van der Waals surface area contributed by atoms with Crippen LogP contribution in [-0.4, -0.2) is 0 Å². The second-order valence-corrected chi connectivity index (χ2v) is 4.57. The first-order valence-electron chi connectivity index (χ1n) is 4.23. The lowest BCUT2D eigenvalue weighted by atomic mass is 9.84. The van der Waals surface area contributed by atoms with Crippen molar-refractivity contribution >= 4 is 0 Å². The van der Waals surface area contributed by atoms with E-state index in [4.69, 9.17) is 0 Å². The predicted molar refractivity (Wildman–Crippen MR) is 45.9 cm³/mol. The van der Waals surface area contributed by atoms with Crippen LogP contribution >= 0.6 is 0 Å². The summed E-state index contributed by atoms with van der Waals surface area (Å²) in [5.74, 6) is 0.944. The highest BCUT2D eigenvalue weighted by Crippen LogP contribution is 2.31. The van der Waals surface area contributed by atoms with Crippen LogP contribution in [0.15, 0.2) is 12.2 Å². The zero-order chi connectivity index (χ0) is 7.61. The molecule has 0 nitrogen and oxygen atoms in total. The number of allylic oxidation sites excluding steroid dienone is 2. The van der Waals surface area contributed by atoms with Crippen LogP contribution in [0.3, 0.4) is 0 Å². The van der Waals surface area contributed by atoms with Crippen LogP contribution in [0.4, 0.5) is 0 Å². The summed E-state index contributed by atoms with van der Waals surface area (Å²) < 4.78 is 0. The van der Waals surface area contributed by atoms with Crippen molar-refractivity contribution in [1.29, 1.82) is 0 Å². The third-order valence-corrected chi connectivity index (χ3v) is 2.01. The third-order valence-electron chi connectivity index (χ3n) is 2.01. The quantitative estimate of drug-likeness (QED) is 0.487. The summed E-state index contributed by atoms with van der Waals surface area (Å²) in [6.45, 7) is 6.97. The Bertz CT molecular complexity index is 117. The highest BCUT2D eigenvalue weighted by Gasteiger charge is 2.18. The van der Waals surface area contributed by atoms with E-state index in [0.717, 1.165) is 5.92 Å². The molecule has 58 valence electrons. The van der Waals surface area contributed by atoms with E-state index in [0.29, 0.717) is 5.41 Å². The zero-order valence-corrected chi connectivity index (χ0v) is 7.35. The lowest BCUT2D eigenvalue weighted by Gasteiger charge is -2.22. The Balaban J connectivity index is 2.26. The molecule has 0 spiro atoms. The number of hydrogen-bond donors (Lipinski definition) is 0. The molecule has 0 radical (unpaired) electrons. The molecule has 10 heavy (non-hydrogen) atoms. The number of hydrogen-bond acceptors (Lipinski definition) is 0. The third kappa shape index (κ3) is 2.55. The van der Waals surface area contributed by atoms with Crippen molar-refractivity contribution in [3.05, 3.63) is 12.2 Å². The van der Waals surface area contributed by atoms with Gasteiger partial charge in [-0.15, -0.1) is 0 Å². The Hall–Kier alpha value is -0.260. The summed E-state index contributed by atoms with van der Waals surface area (Å²) in [5.41, 5.74) is 0.524. The average molecular weight is 138 g/mol. The van der Waals surface area contributed by atoms with Crippen LogP contribution in [0.25, 0.3) is 0 Å². The molecule has 0 aliphatic heterocycles. The van der Waals surface area contributed by atoms with Crippen LogP contribution in [0, 0.1) is 11.3 Å². The van der Waals surface area contributed by atoms with Gasteiger partial charge < -0.3 is 0 Å². The largest absolute Gasteiger partial charge is 0.0882 e. The minimum Gasteiger partial charge on any atom is -0.0882 e. The number of rotatable bonds is 1. The van der Waals surface area contributed by atoms with Crippen molar-refractivity contribution in [1.82, 2.24) is 0 Å². The van der Waals surface area contributed by atoms with E-state index in [1.165, 1.54) is 19.3 Å². The molecule has 0 aromatic heterocycles. The molecule has 0 heterocycles. The Morgan fingerprint density at radius 1 is 1.20 bits per heavy atom. The monoisotopic (exact) mass is 138 g/mol. The lowest BCUT2D eigenvalue weighted by Crippen LogP contribution is -2.10. The predicted octanol–water partition coefficient (Wildman–Crippen LogP) is 3.39. The molecule has 0 saturated heterocycles. The summed E-state index contributed by atoms with van der Waals surface area (Å²) >= 11 is 0. The highest BCUT2D eigenvalue weighted by atomic mass is 14.2. The van der Waals surface area contributed by atoms with Crippen molar-refractivity contribution in [2.45, 2.75) is 40.0 Å². The standard InChI is InChI=1S/C10H18/c1-10(2,3)8-9-6-4-5-7-9/h4-5,9H,6-8H2,1-3H3. The first kappa shape index (κ1) is 7.84. The lowest BCUT2D eigenvalue weighted by molar-refractivity contribution is 0.302. The van der Waals surface area contributed by atoms with Gasteiger partial charge in [0.25, 0.3) is 0 Å². The maximum atomic E-state index is 2.32. The van der Waals surface area contributed by atoms with Gasteiger partial charge in [0.15, 0.2) is 0 Å². The van der Waals surface area contributed by atoms with Crippen molar-refractivity contribution < 1.29 is 0 Å². The molecule has 0 amide bonds. The van der Waals surface area contributed by atoms with Gasteiger partial charge in [0.1, 0.15) is 0 Å². The first-order chi connectivity index (χ1) is 4.58. The van der Waals surface area contributed by atoms with Crippen LogP contribution in [0.1, 0.15) is 40.0 Å². The SMILES string of the molecule is CC(C)(C)CC1CC=CC1. The zero-order valence-electron chi connectivity index (χ0n) is 7.35. The summed E-state index contributed by atoms with van der Waals surface area (Å²) in [7, 11) is 0. The summed E-state index contributed by atoms with van der Waals surface area (Å²) in [6, 6.07) is 0. The molecule has 0 N–H and O–H groups in total. The molecule has 1 aliphatic rings. The Morgan fingerprint density at radius 2 is 1.70 bits per heavy atom. The molecule has 0 aromatic rings. The van der Waals surface area contributed by atoms with E-state index in [-0.39, 0.29) is 0 Å². The van der Waals surface area contributed by atoms with E-state index in [1.807, 2.05) is 0 Å². The van der Waals surface area contributed by atoms with E-state index in [1.54, 1.807) is 0 Å². The van der Waals surface area contributed by atoms with Gasteiger partial charge >= 0.3 is 0 Å². The fourth-order valence-corrected chi connectivity index (χ4v) is 1.71. The molecule has 1 aliphatic carbocycles. The van der Waals surface area contributed by atoms with Crippen LogP contribution in [-0.2, 0) is 0 Å². The molecule has 0 unspecified atom stereocenters. The van der Waals surface area contributed by atoms with E-state index < -0.39 is 0 Å². The van der Waals surface area contributed by atoms with Gasteiger partial charge in [-0.2, -0.15) is 0 Å². The summed E-state index contributed by atoms with van der Waals surface area (Å²) in [4.78, 5) is 0. The summed E-state index contributed by atoms with van der Waals surface area (Å²) in [6.07, 6.45) is 8.64. The maximum absolute atomic E-state index is 2.32. The maximum Gasteiger partial charge on any atom is -0.0319 e. The fraction of sp³-hybridized carbons (Fsp3) is 0.800. The van der Waals surface area contributed by atoms with Crippen molar-refractivity contribution in [2.75, 3.05) is 0 Å².